The molecule has 0 amide bonds. The lowest BCUT2D eigenvalue weighted by molar-refractivity contribution is 0.122. The highest BCUT2D eigenvalue weighted by Gasteiger charge is 2.36. The van der Waals surface area contributed by atoms with E-state index in [4.69, 9.17) is 18.0 Å². The molecule has 0 unspecified atom stereocenters. The molecule has 0 rings (SSSR count). The van der Waals surface area contributed by atoms with Crippen molar-refractivity contribution >= 4 is 8.80 Å². The van der Waals surface area contributed by atoms with Gasteiger partial charge in [0.25, 0.3) is 0 Å². The van der Waals surface area contributed by atoms with E-state index < -0.39 is 8.80 Å². The van der Waals surface area contributed by atoms with E-state index in [-0.39, 0.29) is 0 Å². The number of ether oxygens (including phenoxy) is 1. The van der Waals surface area contributed by atoms with Crippen molar-refractivity contribution in [3.05, 3.63) is 12.8 Å². The maximum Gasteiger partial charge on any atom is 0.500 e. The fourth-order valence-electron chi connectivity index (χ4n) is 1.17. The van der Waals surface area contributed by atoms with Crippen molar-refractivity contribution in [1.29, 1.82) is 0 Å². The highest BCUT2D eigenvalue weighted by atomic mass is 28.4. The molecule has 0 saturated heterocycles. The summed E-state index contributed by atoms with van der Waals surface area (Å²) in [5.74, 6) is 0. The summed E-state index contributed by atoms with van der Waals surface area (Å²) in [6, 6.07) is 0.816. The summed E-state index contributed by atoms with van der Waals surface area (Å²) in [7, 11) is 2.51. The van der Waals surface area contributed by atoms with Crippen molar-refractivity contribution in [2.24, 2.45) is 0 Å². The Morgan fingerprint density at radius 3 is 2.07 bits per heavy atom. The van der Waals surface area contributed by atoms with Crippen molar-refractivity contribution in [2.45, 2.75) is 18.9 Å². The molecule has 0 radical (unpaired) electrons. The maximum absolute atomic E-state index is 5.28. The highest BCUT2D eigenvalue weighted by molar-refractivity contribution is 6.60. The van der Waals surface area contributed by atoms with Gasteiger partial charge in [0.2, 0.25) is 0 Å². The zero-order chi connectivity index (χ0) is 10.9. The molecule has 84 valence electrons. The first-order valence-corrected chi connectivity index (χ1v) is 6.56. The van der Waals surface area contributed by atoms with E-state index in [1.807, 2.05) is 0 Å². The minimum Gasteiger partial charge on any atom is -0.502 e. The van der Waals surface area contributed by atoms with Crippen LogP contribution in [0.15, 0.2) is 12.8 Å². The van der Waals surface area contributed by atoms with Gasteiger partial charge in [0.05, 0.1) is 12.9 Å². The zero-order valence-corrected chi connectivity index (χ0v) is 10.2. The summed E-state index contributed by atoms with van der Waals surface area (Å²) in [5.41, 5.74) is 0. The Hall–Kier alpha value is -0.363. The monoisotopic (exact) mass is 220 g/mol. The standard InChI is InChI=1S/C9H20O4Si/c1-5-13-8-6-7-9-14(10-2,11-3)12-4/h5H,1,6-9H2,2-4H3. The Morgan fingerprint density at radius 1 is 1.07 bits per heavy atom. The molecule has 0 aliphatic heterocycles. The van der Waals surface area contributed by atoms with E-state index in [2.05, 4.69) is 6.58 Å². The molecule has 0 aromatic heterocycles. The smallest absolute Gasteiger partial charge is 0.500 e. The third kappa shape index (κ3) is 4.76. The van der Waals surface area contributed by atoms with Crippen LogP contribution >= 0.6 is 0 Å². The molecule has 4 nitrogen and oxygen atoms in total. The van der Waals surface area contributed by atoms with Gasteiger partial charge in [-0.2, -0.15) is 0 Å². The van der Waals surface area contributed by atoms with E-state index in [1.54, 1.807) is 21.3 Å². The van der Waals surface area contributed by atoms with E-state index in [0.29, 0.717) is 6.61 Å². The lowest BCUT2D eigenvalue weighted by Gasteiger charge is -2.24. The summed E-state index contributed by atoms with van der Waals surface area (Å²) in [4.78, 5) is 0. The van der Waals surface area contributed by atoms with Gasteiger partial charge in [0, 0.05) is 27.4 Å². The predicted molar refractivity (Wildman–Crippen MR) is 57.0 cm³/mol. The first-order valence-electron chi connectivity index (χ1n) is 4.62. The van der Waals surface area contributed by atoms with Gasteiger partial charge in [0.1, 0.15) is 0 Å². The van der Waals surface area contributed by atoms with E-state index in [1.165, 1.54) is 6.26 Å². The molecule has 0 spiro atoms. The Morgan fingerprint density at radius 2 is 1.64 bits per heavy atom. The Bertz CT molecular complexity index is 139. The minimum absolute atomic E-state index is 0.686. The summed E-state index contributed by atoms with van der Waals surface area (Å²) in [5, 5.41) is 0. The first-order chi connectivity index (χ1) is 6.74. The van der Waals surface area contributed by atoms with Gasteiger partial charge in [-0.25, -0.2) is 0 Å². The number of unbranched alkanes of at least 4 members (excludes halogenated alkanes) is 1. The topological polar surface area (TPSA) is 36.9 Å². The third-order valence-electron chi connectivity index (χ3n) is 2.05. The molecule has 0 aliphatic rings. The summed E-state index contributed by atoms with van der Waals surface area (Å²) >= 11 is 0. The van der Waals surface area contributed by atoms with Crippen molar-refractivity contribution < 1.29 is 18.0 Å². The van der Waals surface area contributed by atoms with Gasteiger partial charge >= 0.3 is 8.80 Å². The van der Waals surface area contributed by atoms with Crippen molar-refractivity contribution in [2.75, 3.05) is 27.9 Å². The van der Waals surface area contributed by atoms with Gasteiger partial charge in [-0.15, -0.1) is 0 Å². The van der Waals surface area contributed by atoms with Crippen LogP contribution in [0.5, 0.6) is 0 Å². The number of hydrogen-bond acceptors (Lipinski definition) is 4. The Balaban J connectivity index is 3.65. The van der Waals surface area contributed by atoms with E-state index in [0.717, 1.165) is 18.9 Å². The molecule has 0 heterocycles. The van der Waals surface area contributed by atoms with Gasteiger partial charge in [-0.3, -0.25) is 0 Å². The first kappa shape index (κ1) is 13.6. The molecule has 0 aliphatic carbocycles. The molecule has 5 heteroatoms. The third-order valence-corrected chi connectivity index (χ3v) is 4.88. The highest BCUT2D eigenvalue weighted by Crippen LogP contribution is 2.16. The molecular formula is C9H20O4Si. The lowest BCUT2D eigenvalue weighted by atomic mass is 10.4. The fourth-order valence-corrected chi connectivity index (χ4v) is 2.96. The normalized spacial score (nSPS) is 11.4. The maximum atomic E-state index is 5.28. The zero-order valence-electron chi connectivity index (χ0n) is 9.25. The summed E-state index contributed by atoms with van der Waals surface area (Å²) < 4.78 is 20.8. The van der Waals surface area contributed by atoms with Crippen LogP contribution in [0.2, 0.25) is 6.04 Å². The predicted octanol–water partition coefficient (Wildman–Crippen LogP) is 1.80. The van der Waals surface area contributed by atoms with Crippen LogP contribution in [0, 0.1) is 0 Å². The second-order valence-electron chi connectivity index (χ2n) is 2.79. The molecule has 0 saturated carbocycles. The van der Waals surface area contributed by atoms with E-state index >= 15 is 0 Å². The van der Waals surface area contributed by atoms with Gasteiger partial charge in [-0.1, -0.05) is 6.58 Å². The second kappa shape index (κ2) is 7.99. The molecule has 0 fully saturated rings. The average Bonchev–Trinajstić information content (AvgIpc) is 2.24. The summed E-state index contributed by atoms with van der Waals surface area (Å²) in [6.07, 6.45) is 3.38. The Labute approximate surface area is 87.2 Å². The van der Waals surface area contributed by atoms with Gasteiger partial charge < -0.3 is 18.0 Å². The lowest BCUT2D eigenvalue weighted by Crippen LogP contribution is -2.42. The second-order valence-corrected chi connectivity index (χ2v) is 5.88. The molecule has 0 aromatic rings. The van der Waals surface area contributed by atoms with Crippen molar-refractivity contribution in [3.63, 3.8) is 0 Å². The molecule has 0 aromatic carbocycles. The SMILES string of the molecule is C=COCCCC[Si](OC)(OC)OC. The quantitative estimate of drug-likeness (QED) is 0.337. The van der Waals surface area contributed by atoms with Crippen LogP contribution in [-0.4, -0.2) is 36.7 Å². The molecular weight excluding hydrogens is 200 g/mol. The van der Waals surface area contributed by atoms with Crippen LogP contribution in [0.4, 0.5) is 0 Å². The van der Waals surface area contributed by atoms with E-state index in [9.17, 15) is 0 Å². The van der Waals surface area contributed by atoms with Crippen LogP contribution in [0.1, 0.15) is 12.8 Å². The largest absolute Gasteiger partial charge is 0.502 e. The molecule has 0 N–H and O–H groups in total. The van der Waals surface area contributed by atoms with Gasteiger partial charge in [-0.05, 0) is 12.8 Å². The van der Waals surface area contributed by atoms with Crippen LogP contribution < -0.4 is 0 Å². The molecule has 0 bridgehead atoms. The van der Waals surface area contributed by atoms with Crippen LogP contribution in [0.25, 0.3) is 0 Å². The average molecular weight is 220 g/mol. The molecule has 14 heavy (non-hydrogen) atoms. The van der Waals surface area contributed by atoms with Gasteiger partial charge in [0.15, 0.2) is 0 Å². The molecule has 0 atom stereocenters. The van der Waals surface area contributed by atoms with Crippen LogP contribution in [0.3, 0.4) is 0 Å². The summed E-state index contributed by atoms with van der Waals surface area (Å²) in [6.45, 7) is 4.15. The van der Waals surface area contributed by atoms with Crippen LogP contribution in [-0.2, 0) is 18.0 Å². The number of rotatable bonds is 9. The minimum atomic E-state index is -2.36. The fraction of sp³-hybridized carbons (Fsp3) is 0.778. The Kier molecular flexibility index (Phi) is 7.78. The van der Waals surface area contributed by atoms with Crippen molar-refractivity contribution in [3.8, 4) is 0 Å². The number of hydrogen-bond donors (Lipinski definition) is 0. The van der Waals surface area contributed by atoms with Crippen molar-refractivity contribution in [1.82, 2.24) is 0 Å².